The molecule has 0 aliphatic carbocycles. The van der Waals surface area contributed by atoms with Gasteiger partial charge in [-0.2, -0.15) is 0 Å². The normalized spacial score (nSPS) is 11.1. The predicted octanol–water partition coefficient (Wildman–Crippen LogP) is 4.66. The minimum atomic E-state index is -3.73. The summed E-state index contributed by atoms with van der Waals surface area (Å²) in [6.07, 6.45) is 0. The highest BCUT2D eigenvalue weighted by molar-refractivity contribution is 7.92. The van der Waals surface area contributed by atoms with Gasteiger partial charge in [0.2, 0.25) is 0 Å². The Kier molecular flexibility index (Phi) is 5.51. The Morgan fingerprint density at radius 3 is 1.93 bits per heavy atom. The summed E-state index contributed by atoms with van der Waals surface area (Å²) in [5, 5.41) is 2.79. The summed E-state index contributed by atoms with van der Waals surface area (Å²) in [4.78, 5) is 12.5. The van der Waals surface area contributed by atoms with Gasteiger partial charge in [-0.15, -0.1) is 0 Å². The summed E-state index contributed by atoms with van der Waals surface area (Å²) in [7, 11) is -3.73. The predicted molar refractivity (Wildman–Crippen MR) is 112 cm³/mol. The lowest BCUT2D eigenvalue weighted by molar-refractivity contribution is 0.102. The number of rotatable bonds is 5. The first-order valence-electron chi connectivity index (χ1n) is 8.84. The second kappa shape index (κ2) is 7.86. The number of hydrogen-bond donors (Lipinski definition) is 2. The maximum atomic E-state index is 12.7. The van der Waals surface area contributed by atoms with Crippen LogP contribution in [-0.2, 0) is 10.0 Å². The van der Waals surface area contributed by atoms with Crippen molar-refractivity contribution in [2.45, 2.75) is 25.7 Å². The number of anilines is 2. The molecule has 0 saturated carbocycles. The van der Waals surface area contributed by atoms with Crippen molar-refractivity contribution in [1.82, 2.24) is 0 Å². The molecule has 0 aromatic heterocycles. The van der Waals surface area contributed by atoms with Crippen molar-refractivity contribution in [3.8, 4) is 0 Å². The van der Waals surface area contributed by atoms with E-state index in [1.165, 1.54) is 12.1 Å². The summed E-state index contributed by atoms with van der Waals surface area (Å²) in [6, 6.07) is 19.0. The summed E-state index contributed by atoms with van der Waals surface area (Å²) < 4.78 is 28.1. The molecule has 0 aliphatic rings. The zero-order valence-corrected chi connectivity index (χ0v) is 16.8. The zero-order valence-electron chi connectivity index (χ0n) is 16.0. The number of hydrogen-bond acceptors (Lipinski definition) is 3. The van der Waals surface area contributed by atoms with Crippen LogP contribution in [0.15, 0.2) is 71.6 Å². The monoisotopic (exact) mass is 394 g/mol. The Labute approximate surface area is 165 Å². The van der Waals surface area contributed by atoms with E-state index >= 15 is 0 Å². The van der Waals surface area contributed by atoms with Gasteiger partial charge < -0.3 is 5.32 Å². The van der Waals surface area contributed by atoms with Crippen LogP contribution in [0.2, 0.25) is 0 Å². The molecule has 0 unspecified atom stereocenters. The second-order valence-corrected chi connectivity index (χ2v) is 8.35. The summed E-state index contributed by atoms with van der Waals surface area (Å²) in [5.74, 6) is -0.234. The SMILES string of the molecule is Cc1ccccc1C(=O)Nc1ccc(S(=O)(=O)Nc2c(C)cccc2C)cc1. The number of aryl methyl sites for hydroxylation is 3. The first-order chi connectivity index (χ1) is 13.3. The van der Waals surface area contributed by atoms with Crippen LogP contribution in [0.3, 0.4) is 0 Å². The average Bonchev–Trinajstić information content (AvgIpc) is 2.65. The number of amides is 1. The lowest BCUT2D eigenvalue weighted by Crippen LogP contribution is -2.15. The molecule has 1 amide bonds. The van der Waals surface area contributed by atoms with E-state index < -0.39 is 10.0 Å². The van der Waals surface area contributed by atoms with Crippen LogP contribution in [0.4, 0.5) is 11.4 Å². The third-order valence-corrected chi connectivity index (χ3v) is 5.90. The molecule has 3 aromatic carbocycles. The minimum absolute atomic E-state index is 0.129. The number of nitrogens with one attached hydrogen (secondary N) is 2. The van der Waals surface area contributed by atoms with E-state index in [1.807, 2.05) is 51.1 Å². The molecule has 2 N–H and O–H groups in total. The molecule has 3 aromatic rings. The van der Waals surface area contributed by atoms with E-state index in [4.69, 9.17) is 0 Å². The molecule has 3 rings (SSSR count). The topological polar surface area (TPSA) is 75.3 Å². The van der Waals surface area contributed by atoms with Crippen molar-refractivity contribution in [2.24, 2.45) is 0 Å². The van der Waals surface area contributed by atoms with Gasteiger partial charge in [-0.3, -0.25) is 9.52 Å². The molecule has 0 heterocycles. The first kappa shape index (κ1) is 19.6. The molecule has 28 heavy (non-hydrogen) atoms. The van der Waals surface area contributed by atoms with Crippen molar-refractivity contribution < 1.29 is 13.2 Å². The van der Waals surface area contributed by atoms with E-state index in [2.05, 4.69) is 10.0 Å². The third kappa shape index (κ3) is 4.23. The Morgan fingerprint density at radius 1 is 0.750 bits per heavy atom. The Morgan fingerprint density at radius 2 is 1.32 bits per heavy atom. The van der Waals surface area contributed by atoms with E-state index in [-0.39, 0.29) is 10.8 Å². The van der Waals surface area contributed by atoms with Crippen molar-refractivity contribution in [2.75, 3.05) is 10.0 Å². The highest BCUT2D eigenvalue weighted by Crippen LogP contribution is 2.24. The van der Waals surface area contributed by atoms with Gasteiger partial charge in [0.1, 0.15) is 0 Å². The maximum Gasteiger partial charge on any atom is 0.261 e. The van der Waals surface area contributed by atoms with E-state index in [9.17, 15) is 13.2 Å². The van der Waals surface area contributed by atoms with Crippen molar-refractivity contribution in [1.29, 1.82) is 0 Å². The highest BCUT2D eigenvalue weighted by Gasteiger charge is 2.17. The molecule has 144 valence electrons. The molecule has 0 atom stereocenters. The molecule has 0 radical (unpaired) electrons. The van der Waals surface area contributed by atoms with Gasteiger partial charge in [-0.1, -0.05) is 36.4 Å². The molecule has 6 heteroatoms. The van der Waals surface area contributed by atoms with E-state index in [0.29, 0.717) is 16.9 Å². The van der Waals surface area contributed by atoms with Gasteiger partial charge in [0.25, 0.3) is 15.9 Å². The van der Waals surface area contributed by atoms with Gasteiger partial charge in [0.15, 0.2) is 0 Å². The fourth-order valence-electron chi connectivity index (χ4n) is 2.91. The van der Waals surface area contributed by atoms with Crippen molar-refractivity contribution >= 4 is 27.3 Å². The van der Waals surface area contributed by atoms with Crippen LogP contribution in [0.1, 0.15) is 27.0 Å². The molecule has 0 bridgehead atoms. The largest absolute Gasteiger partial charge is 0.322 e. The molecule has 5 nitrogen and oxygen atoms in total. The van der Waals surface area contributed by atoms with Crippen LogP contribution in [0.5, 0.6) is 0 Å². The van der Waals surface area contributed by atoms with Crippen LogP contribution < -0.4 is 10.0 Å². The first-order valence-corrected chi connectivity index (χ1v) is 10.3. The number of benzene rings is 3. The van der Waals surface area contributed by atoms with Gasteiger partial charge in [-0.05, 0) is 67.8 Å². The summed E-state index contributed by atoms with van der Waals surface area (Å²) in [5.41, 5.74) is 4.27. The smallest absolute Gasteiger partial charge is 0.261 e. The molecule has 0 fully saturated rings. The molecule has 0 aliphatic heterocycles. The Bertz CT molecular complexity index is 1100. The van der Waals surface area contributed by atoms with E-state index in [1.54, 1.807) is 24.3 Å². The van der Waals surface area contributed by atoms with Gasteiger partial charge >= 0.3 is 0 Å². The fourth-order valence-corrected chi connectivity index (χ4v) is 4.12. The van der Waals surface area contributed by atoms with Gasteiger partial charge in [0.05, 0.1) is 10.6 Å². The Balaban J connectivity index is 1.78. The quantitative estimate of drug-likeness (QED) is 0.661. The summed E-state index contributed by atoms with van der Waals surface area (Å²) in [6.45, 7) is 5.58. The number of carbonyl (C=O) groups excluding carboxylic acids is 1. The van der Waals surface area contributed by atoms with Crippen LogP contribution in [-0.4, -0.2) is 14.3 Å². The fraction of sp³-hybridized carbons (Fsp3) is 0.136. The lowest BCUT2D eigenvalue weighted by Gasteiger charge is -2.13. The maximum absolute atomic E-state index is 12.7. The summed E-state index contributed by atoms with van der Waals surface area (Å²) >= 11 is 0. The van der Waals surface area contributed by atoms with Crippen LogP contribution in [0, 0.1) is 20.8 Å². The third-order valence-electron chi connectivity index (χ3n) is 4.53. The standard InChI is InChI=1S/C22H22N2O3S/c1-15-7-4-5-10-20(15)22(25)23-18-11-13-19(14-12-18)28(26,27)24-21-16(2)8-6-9-17(21)3/h4-14,24H,1-3H3,(H,23,25). The molecule has 0 saturated heterocycles. The van der Waals surface area contributed by atoms with Crippen molar-refractivity contribution in [3.63, 3.8) is 0 Å². The van der Waals surface area contributed by atoms with Gasteiger partial charge in [-0.25, -0.2) is 8.42 Å². The minimum Gasteiger partial charge on any atom is -0.322 e. The van der Waals surface area contributed by atoms with E-state index in [0.717, 1.165) is 16.7 Å². The zero-order chi connectivity index (χ0) is 20.3. The van der Waals surface area contributed by atoms with Crippen molar-refractivity contribution in [3.05, 3.63) is 89.0 Å². The second-order valence-electron chi connectivity index (χ2n) is 6.67. The number of para-hydroxylation sites is 1. The Hall–Kier alpha value is -3.12. The number of carbonyl (C=O) groups is 1. The molecular weight excluding hydrogens is 372 g/mol. The van der Waals surface area contributed by atoms with Gasteiger partial charge in [0, 0.05) is 11.3 Å². The lowest BCUT2D eigenvalue weighted by atomic mass is 10.1. The highest BCUT2D eigenvalue weighted by atomic mass is 32.2. The average molecular weight is 394 g/mol. The van der Waals surface area contributed by atoms with Crippen LogP contribution >= 0.6 is 0 Å². The molecule has 0 spiro atoms. The van der Waals surface area contributed by atoms with Crippen LogP contribution in [0.25, 0.3) is 0 Å². The molecular formula is C22H22N2O3S. The number of sulfonamides is 1.